The number of H-pyrrole nitrogens is 1. The molecular formula is C41H52N10O3. The highest BCUT2D eigenvalue weighted by atomic mass is 16.2. The standard InChI is InChI=1S/C41H52N10O3/c1-4-27-22-30-31(41(2,3)38-36(37(30)53)29-10-9-26(24-42)21-33(29)47-38)23-34(27)49-19-17-48(18-20-49)13-6-8-35(52)51-15-11-28(25-51)46-39(54)32(43)7-5-14-50-16-12-45-40(50)44/h9-10,12,16,21-23,28,32,47H,4-8,11,13-15,17-20,25,43H2,1-3H3,(H2,44,45)(H,46,54)/t28-,32+/m1/s1. The van der Waals surface area contributed by atoms with Crippen LogP contribution in [0.1, 0.15) is 91.2 Å². The molecule has 2 aromatic heterocycles. The van der Waals surface area contributed by atoms with Crippen LogP contribution >= 0.6 is 0 Å². The quantitative estimate of drug-likeness (QED) is 0.169. The number of benzene rings is 2. The van der Waals surface area contributed by atoms with Crippen LogP contribution < -0.4 is 21.7 Å². The summed E-state index contributed by atoms with van der Waals surface area (Å²) in [4.78, 5) is 54.1. The number of carbonyl (C=O) groups excluding carboxylic acids is 3. The van der Waals surface area contributed by atoms with Crippen molar-refractivity contribution in [2.24, 2.45) is 5.73 Å². The van der Waals surface area contributed by atoms with Crippen molar-refractivity contribution in [1.29, 1.82) is 5.26 Å². The second-order valence-corrected chi connectivity index (χ2v) is 15.6. The summed E-state index contributed by atoms with van der Waals surface area (Å²) < 4.78 is 1.84. The number of hydrogen-bond donors (Lipinski definition) is 4. The molecule has 2 saturated heterocycles. The molecule has 1 aliphatic carbocycles. The number of aromatic nitrogens is 3. The molecule has 2 amide bonds. The fraction of sp³-hybridized carbons (Fsp3) is 0.488. The number of amides is 2. The van der Waals surface area contributed by atoms with Crippen molar-refractivity contribution >= 4 is 40.1 Å². The molecule has 13 nitrogen and oxygen atoms in total. The Morgan fingerprint density at radius 1 is 1.11 bits per heavy atom. The van der Waals surface area contributed by atoms with E-state index in [0.29, 0.717) is 56.0 Å². The van der Waals surface area contributed by atoms with Crippen LogP contribution in [0.25, 0.3) is 10.9 Å². The second kappa shape index (κ2) is 15.3. The van der Waals surface area contributed by atoms with Gasteiger partial charge in [-0.3, -0.25) is 19.3 Å². The van der Waals surface area contributed by atoms with Crippen molar-refractivity contribution in [1.82, 2.24) is 29.7 Å². The van der Waals surface area contributed by atoms with Gasteiger partial charge in [-0.25, -0.2) is 4.98 Å². The normalized spacial score (nSPS) is 18.7. The van der Waals surface area contributed by atoms with Crippen LogP contribution in [0.3, 0.4) is 0 Å². The number of aromatic amines is 1. The van der Waals surface area contributed by atoms with Gasteiger partial charge < -0.3 is 36.1 Å². The third-order valence-corrected chi connectivity index (χ3v) is 11.8. The lowest BCUT2D eigenvalue weighted by molar-refractivity contribution is -0.130. The summed E-state index contributed by atoms with van der Waals surface area (Å²) in [5.41, 5.74) is 18.7. The van der Waals surface area contributed by atoms with E-state index in [0.717, 1.165) is 79.7 Å². The molecule has 2 fully saturated rings. The monoisotopic (exact) mass is 732 g/mol. The van der Waals surface area contributed by atoms with Crippen LogP contribution in [0.15, 0.2) is 42.7 Å². The van der Waals surface area contributed by atoms with E-state index >= 15 is 0 Å². The van der Waals surface area contributed by atoms with Crippen molar-refractivity contribution in [3.63, 3.8) is 0 Å². The molecule has 3 aliphatic rings. The van der Waals surface area contributed by atoms with Crippen molar-refractivity contribution < 1.29 is 14.4 Å². The van der Waals surface area contributed by atoms with Gasteiger partial charge in [0.15, 0.2) is 11.7 Å². The smallest absolute Gasteiger partial charge is 0.237 e. The largest absolute Gasteiger partial charge is 0.369 e. The molecule has 6 N–H and O–H groups in total. The Kier molecular flexibility index (Phi) is 10.5. The lowest BCUT2D eigenvalue weighted by atomic mass is 9.70. The topological polar surface area (TPSA) is 182 Å². The predicted octanol–water partition coefficient (Wildman–Crippen LogP) is 3.68. The maximum atomic E-state index is 14.1. The highest BCUT2D eigenvalue weighted by Gasteiger charge is 2.41. The zero-order valence-electron chi connectivity index (χ0n) is 31.7. The van der Waals surface area contributed by atoms with Gasteiger partial charge in [0, 0.05) is 104 Å². The van der Waals surface area contributed by atoms with Crippen LogP contribution in [-0.4, -0.2) is 99.8 Å². The minimum atomic E-state index is -0.606. The Morgan fingerprint density at radius 2 is 1.91 bits per heavy atom. The van der Waals surface area contributed by atoms with E-state index in [1.54, 1.807) is 12.3 Å². The SMILES string of the molecule is CCc1cc2c(cc1N1CCN(CCCC(=O)N3CC[C@@H](NC(=O)[C@@H](N)CCCn4ccnc4N)C3)CC1)C(C)(C)c1[nH]c3cc(C#N)ccc3c1C2=O. The lowest BCUT2D eigenvalue weighted by Gasteiger charge is -2.39. The number of ketones is 1. The maximum Gasteiger partial charge on any atom is 0.237 e. The van der Waals surface area contributed by atoms with Gasteiger partial charge in [0.25, 0.3) is 0 Å². The van der Waals surface area contributed by atoms with E-state index in [4.69, 9.17) is 11.5 Å². The van der Waals surface area contributed by atoms with Crippen molar-refractivity contribution in [2.45, 2.75) is 83.3 Å². The molecule has 0 saturated carbocycles. The number of aryl methyl sites for hydroxylation is 2. The predicted molar refractivity (Wildman–Crippen MR) is 209 cm³/mol. The van der Waals surface area contributed by atoms with Crippen LogP contribution in [0.5, 0.6) is 0 Å². The molecule has 0 unspecified atom stereocenters. The van der Waals surface area contributed by atoms with Crippen molar-refractivity contribution in [3.8, 4) is 6.07 Å². The van der Waals surface area contributed by atoms with Gasteiger partial charge in [-0.1, -0.05) is 26.8 Å². The molecule has 4 heterocycles. The average Bonchev–Trinajstić information content (AvgIpc) is 3.92. The van der Waals surface area contributed by atoms with Crippen LogP contribution in [0.2, 0.25) is 0 Å². The Labute approximate surface area is 316 Å². The minimum absolute atomic E-state index is 0.0363. The number of hydrogen-bond acceptors (Lipinski definition) is 9. The Bertz CT molecular complexity index is 2100. The molecule has 0 bridgehead atoms. The Hall–Kier alpha value is -5.19. The summed E-state index contributed by atoms with van der Waals surface area (Å²) in [6, 6.07) is 11.4. The molecule has 284 valence electrons. The number of imidazole rings is 1. The minimum Gasteiger partial charge on any atom is -0.369 e. The summed E-state index contributed by atoms with van der Waals surface area (Å²) >= 11 is 0. The van der Waals surface area contributed by atoms with E-state index in [9.17, 15) is 19.6 Å². The molecule has 2 aliphatic heterocycles. The number of anilines is 2. The number of nitrogen functional groups attached to an aromatic ring is 1. The fourth-order valence-electron chi connectivity index (χ4n) is 8.54. The van der Waals surface area contributed by atoms with Crippen LogP contribution in [0.4, 0.5) is 11.6 Å². The van der Waals surface area contributed by atoms with Gasteiger partial charge >= 0.3 is 0 Å². The van der Waals surface area contributed by atoms with Crippen molar-refractivity contribution in [2.75, 3.05) is 56.4 Å². The molecule has 2 atom stereocenters. The third-order valence-electron chi connectivity index (χ3n) is 11.8. The summed E-state index contributed by atoms with van der Waals surface area (Å²) in [5.74, 6) is 0.446. The number of rotatable bonds is 12. The first kappa shape index (κ1) is 37.1. The first-order chi connectivity index (χ1) is 26.0. The molecule has 2 aromatic carbocycles. The lowest BCUT2D eigenvalue weighted by Crippen LogP contribution is -2.47. The molecule has 54 heavy (non-hydrogen) atoms. The summed E-state index contributed by atoms with van der Waals surface area (Å²) in [6.07, 6.45) is 7.54. The van der Waals surface area contributed by atoms with Crippen LogP contribution in [-0.2, 0) is 28.0 Å². The molecule has 13 heteroatoms. The maximum absolute atomic E-state index is 14.1. The number of fused-ring (bicyclic) bond motifs is 4. The van der Waals surface area contributed by atoms with E-state index in [2.05, 4.69) is 64.1 Å². The van der Waals surface area contributed by atoms with Crippen molar-refractivity contribution in [3.05, 3.63) is 76.2 Å². The van der Waals surface area contributed by atoms with E-state index in [1.165, 1.54) is 11.3 Å². The first-order valence-corrected chi connectivity index (χ1v) is 19.3. The highest BCUT2D eigenvalue weighted by Crippen LogP contribution is 2.46. The molecule has 0 spiro atoms. The molecule has 4 aromatic rings. The zero-order chi connectivity index (χ0) is 38.1. The van der Waals surface area contributed by atoms with Gasteiger partial charge in [0.2, 0.25) is 11.8 Å². The first-order valence-electron chi connectivity index (χ1n) is 19.3. The van der Waals surface area contributed by atoms with E-state index in [1.807, 2.05) is 27.8 Å². The van der Waals surface area contributed by atoms with Gasteiger partial charge in [0.1, 0.15) is 0 Å². The van der Waals surface area contributed by atoms with Gasteiger partial charge in [-0.2, -0.15) is 5.26 Å². The van der Waals surface area contributed by atoms with Gasteiger partial charge in [-0.15, -0.1) is 0 Å². The number of nitrogens with zero attached hydrogens (tertiary/aromatic N) is 6. The van der Waals surface area contributed by atoms with Gasteiger partial charge in [0.05, 0.1) is 23.2 Å². The van der Waals surface area contributed by atoms with Gasteiger partial charge in [-0.05, 0) is 74.0 Å². The third kappa shape index (κ3) is 7.20. The second-order valence-electron chi connectivity index (χ2n) is 15.6. The van der Waals surface area contributed by atoms with E-state index < -0.39 is 11.5 Å². The summed E-state index contributed by atoms with van der Waals surface area (Å²) in [6.45, 7) is 12.7. The number of nitrogens with one attached hydrogen (secondary N) is 2. The molecule has 0 radical (unpaired) electrons. The van der Waals surface area contributed by atoms with Crippen LogP contribution in [0, 0.1) is 11.3 Å². The average molecular weight is 733 g/mol. The number of nitriles is 1. The highest BCUT2D eigenvalue weighted by molar-refractivity contribution is 6.20. The number of piperazine rings is 1. The number of carbonyl (C=O) groups is 3. The summed E-state index contributed by atoms with van der Waals surface area (Å²) in [5, 5.41) is 13.4. The number of likely N-dealkylation sites (tertiary alicyclic amines) is 1. The summed E-state index contributed by atoms with van der Waals surface area (Å²) in [7, 11) is 0. The Morgan fingerprint density at radius 3 is 2.63 bits per heavy atom. The molecule has 7 rings (SSSR count). The fourth-order valence-corrected chi connectivity index (χ4v) is 8.54. The Balaban J connectivity index is 0.887. The van der Waals surface area contributed by atoms with E-state index in [-0.39, 0.29) is 23.6 Å². The number of nitrogens with two attached hydrogens (primary N) is 2. The zero-order valence-corrected chi connectivity index (χ0v) is 31.7. The molecular weight excluding hydrogens is 681 g/mol.